The van der Waals surface area contributed by atoms with E-state index in [1.807, 2.05) is 7.05 Å². The zero-order valence-electron chi connectivity index (χ0n) is 5.54. The van der Waals surface area contributed by atoms with E-state index in [1.165, 1.54) is 25.7 Å². The van der Waals surface area contributed by atoms with Gasteiger partial charge < -0.3 is 5.32 Å². The van der Waals surface area contributed by atoms with Crippen LogP contribution in [0, 0.1) is 5.92 Å². The molecule has 1 aliphatic carbocycles. The standard InChI is InChI=1S/C7H14N/c1-8-6-7-4-2-3-5-7/h8H,2-6H2,1H3. The molecule has 1 fully saturated rings. The predicted octanol–water partition coefficient (Wildman–Crippen LogP) is 1.35. The Labute approximate surface area is 51.5 Å². The molecule has 0 aromatic heterocycles. The summed E-state index contributed by atoms with van der Waals surface area (Å²) >= 11 is 0. The van der Waals surface area contributed by atoms with Crippen molar-refractivity contribution >= 4 is 0 Å². The SMILES string of the molecule is CNC[C]1CCCC1. The highest BCUT2D eigenvalue weighted by Gasteiger charge is 2.13. The highest BCUT2D eigenvalue weighted by molar-refractivity contribution is 4.95. The van der Waals surface area contributed by atoms with E-state index in [4.69, 9.17) is 0 Å². The van der Waals surface area contributed by atoms with Crippen LogP contribution in [0.15, 0.2) is 0 Å². The Balaban J connectivity index is 2.06. The summed E-state index contributed by atoms with van der Waals surface area (Å²) in [6, 6.07) is 0. The molecule has 0 spiro atoms. The molecule has 0 bridgehead atoms. The fraction of sp³-hybridized carbons (Fsp3) is 0.857. The molecule has 1 saturated carbocycles. The van der Waals surface area contributed by atoms with Crippen molar-refractivity contribution in [1.82, 2.24) is 5.32 Å². The third-order valence-corrected chi connectivity index (χ3v) is 1.74. The van der Waals surface area contributed by atoms with Gasteiger partial charge in [0.25, 0.3) is 0 Å². The number of hydrogen-bond donors (Lipinski definition) is 1. The number of hydrogen-bond acceptors (Lipinski definition) is 1. The quantitative estimate of drug-likeness (QED) is 0.568. The largest absolute Gasteiger partial charge is 0.319 e. The normalized spacial score (nSPS) is 22.1. The molecule has 0 heterocycles. The van der Waals surface area contributed by atoms with Crippen molar-refractivity contribution in [1.29, 1.82) is 0 Å². The molecule has 1 rings (SSSR count). The highest BCUT2D eigenvalue weighted by atomic mass is 14.8. The van der Waals surface area contributed by atoms with Gasteiger partial charge in [-0.25, -0.2) is 0 Å². The first-order chi connectivity index (χ1) is 3.93. The van der Waals surface area contributed by atoms with Crippen LogP contribution in [0.5, 0.6) is 0 Å². The Bertz CT molecular complexity index is 55.4. The van der Waals surface area contributed by atoms with Gasteiger partial charge in [0, 0.05) is 6.54 Å². The van der Waals surface area contributed by atoms with Crippen LogP contribution in [-0.4, -0.2) is 13.6 Å². The van der Waals surface area contributed by atoms with Gasteiger partial charge in [-0.1, -0.05) is 12.8 Å². The van der Waals surface area contributed by atoms with Gasteiger partial charge in [-0.3, -0.25) is 0 Å². The van der Waals surface area contributed by atoms with Crippen molar-refractivity contribution < 1.29 is 0 Å². The summed E-state index contributed by atoms with van der Waals surface area (Å²) in [7, 11) is 2.02. The minimum atomic E-state index is 1.15. The Morgan fingerprint density at radius 3 is 2.50 bits per heavy atom. The van der Waals surface area contributed by atoms with Gasteiger partial charge in [0.2, 0.25) is 0 Å². The molecule has 1 nitrogen and oxygen atoms in total. The average molecular weight is 112 g/mol. The van der Waals surface area contributed by atoms with Gasteiger partial charge in [-0.15, -0.1) is 0 Å². The second-order valence-corrected chi connectivity index (χ2v) is 2.49. The average Bonchev–Trinajstić information content (AvgIpc) is 2.19. The predicted molar refractivity (Wildman–Crippen MR) is 35.6 cm³/mol. The second kappa shape index (κ2) is 3.08. The minimum absolute atomic E-state index is 1.15. The maximum Gasteiger partial charge on any atom is 0.00106 e. The molecule has 0 saturated heterocycles. The topological polar surface area (TPSA) is 12.0 Å². The molecule has 1 radical (unpaired) electrons. The van der Waals surface area contributed by atoms with Gasteiger partial charge in [0.05, 0.1) is 0 Å². The molecule has 0 unspecified atom stereocenters. The van der Waals surface area contributed by atoms with Crippen LogP contribution in [0.1, 0.15) is 25.7 Å². The fourth-order valence-corrected chi connectivity index (χ4v) is 1.30. The third kappa shape index (κ3) is 1.48. The summed E-state index contributed by atoms with van der Waals surface area (Å²) in [6.07, 6.45) is 5.61. The summed E-state index contributed by atoms with van der Waals surface area (Å²) < 4.78 is 0. The van der Waals surface area contributed by atoms with Gasteiger partial charge in [0.1, 0.15) is 0 Å². The van der Waals surface area contributed by atoms with Gasteiger partial charge in [0.15, 0.2) is 0 Å². The van der Waals surface area contributed by atoms with Crippen LogP contribution >= 0.6 is 0 Å². The van der Waals surface area contributed by atoms with Crippen LogP contribution in [0.25, 0.3) is 0 Å². The monoisotopic (exact) mass is 112 g/mol. The summed E-state index contributed by atoms with van der Waals surface area (Å²) in [5, 5.41) is 3.17. The zero-order chi connectivity index (χ0) is 5.82. The lowest BCUT2D eigenvalue weighted by Crippen LogP contribution is -2.13. The van der Waals surface area contributed by atoms with E-state index in [-0.39, 0.29) is 0 Å². The third-order valence-electron chi connectivity index (χ3n) is 1.74. The lowest BCUT2D eigenvalue weighted by atomic mass is 10.1. The molecule has 0 aliphatic heterocycles. The molecule has 0 aromatic rings. The molecular weight excluding hydrogens is 98.1 g/mol. The first-order valence-corrected chi connectivity index (χ1v) is 3.41. The Kier molecular flexibility index (Phi) is 2.34. The van der Waals surface area contributed by atoms with Crippen molar-refractivity contribution in [2.75, 3.05) is 13.6 Å². The van der Waals surface area contributed by atoms with Crippen LogP contribution < -0.4 is 5.32 Å². The molecule has 0 atom stereocenters. The van der Waals surface area contributed by atoms with E-state index in [1.54, 1.807) is 5.92 Å². The molecule has 47 valence electrons. The molecule has 1 N–H and O–H groups in total. The van der Waals surface area contributed by atoms with Gasteiger partial charge in [-0.05, 0) is 25.8 Å². The van der Waals surface area contributed by atoms with Gasteiger partial charge in [-0.2, -0.15) is 0 Å². The van der Waals surface area contributed by atoms with E-state index in [0.717, 1.165) is 6.54 Å². The number of nitrogens with one attached hydrogen (secondary N) is 1. The summed E-state index contributed by atoms with van der Waals surface area (Å²) in [6.45, 7) is 1.15. The van der Waals surface area contributed by atoms with Crippen molar-refractivity contribution in [2.45, 2.75) is 25.7 Å². The molecule has 8 heavy (non-hydrogen) atoms. The van der Waals surface area contributed by atoms with E-state index in [0.29, 0.717) is 0 Å². The molecule has 1 aliphatic rings. The zero-order valence-corrected chi connectivity index (χ0v) is 5.54. The maximum atomic E-state index is 3.17. The van der Waals surface area contributed by atoms with Gasteiger partial charge >= 0.3 is 0 Å². The first-order valence-electron chi connectivity index (χ1n) is 3.41. The lowest BCUT2D eigenvalue weighted by molar-refractivity contribution is 0.744. The Morgan fingerprint density at radius 2 is 2.00 bits per heavy atom. The van der Waals surface area contributed by atoms with Crippen LogP contribution in [0.3, 0.4) is 0 Å². The van der Waals surface area contributed by atoms with Crippen LogP contribution in [0.4, 0.5) is 0 Å². The number of rotatable bonds is 2. The fourth-order valence-electron chi connectivity index (χ4n) is 1.30. The first kappa shape index (κ1) is 6.09. The molecule has 0 aromatic carbocycles. The van der Waals surface area contributed by atoms with E-state index >= 15 is 0 Å². The van der Waals surface area contributed by atoms with E-state index in [9.17, 15) is 0 Å². The summed E-state index contributed by atoms with van der Waals surface area (Å²) in [5.41, 5.74) is 0. The molecule has 1 heteroatoms. The minimum Gasteiger partial charge on any atom is -0.319 e. The molecule has 0 amide bonds. The highest BCUT2D eigenvalue weighted by Crippen LogP contribution is 2.25. The smallest absolute Gasteiger partial charge is 0.00106 e. The Hall–Kier alpha value is -0.0400. The summed E-state index contributed by atoms with van der Waals surface area (Å²) in [5.74, 6) is 1.72. The van der Waals surface area contributed by atoms with E-state index in [2.05, 4.69) is 5.32 Å². The van der Waals surface area contributed by atoms with Crippen molar-refractivity contribution in [2.24, 2.45) is 0 Å². The van der Waals surface area contributed by atoms with Crippen molar-refractivity contribution in [3.8, 4) is 0 Å². The summed E-state index contributed by atoms with van der Waals surface area (Å²) in [4.78, 5) is 0. The van der Waals surface area contributed by atoms with E-state index < -0.39 is 0 Å². The Morgan fingerprint density at radius 1 is 1.38 bits per heavy atom. The lowest BCUT2D eigenvalue weighted by Gasteiger charge is -2.04. The van der Waals surface area contributed by atoms with Crippen LogP contribution in [-0.2, 0) is 0 Å². The van der Waals surface area contributed by atoms with Crippen molar-refractivity contribution in [3.63, 3.8) is 0 Å². The van der Waals surface area contributed by atoms with Crippen LogP contribution in [0.2, 0.25) is 0 Å². The maximum absolute atomic E-state index is 3.17. The second-order valence-electron chi connectivity index (χ2n) is 2.49. The van der Waals surface area contributed by atoms with Crippen molar-refractivity contribution in [3.05, 3.63) is 5.92 Å². The molecular formula is C7H14N.